The second kappa shape index (κ2) is 6.93. The molecule has 0 aliphatic rings. The van der Waals surface area contributed by atoms with E-state index in [1.54, 1.807) is 11.3 Å². The lowest BCUT2D eigenvalue weighted by atomic mass is 10.2. The SMILES string of the molecule is CCCCCCOc1cccc2c(=O)c3ccccc3sc12. The molecule has 0 amide bonds. The first-order valence-corrected chi connectivity index (χ1v) is 8.70. The van der Waals surface area contributed by atoms with E-state index in [1.807, 2.05) is 42.5 Å². The lowest BCUT2D eigenvalue weighted by Crippen LogP contribution is -2.03. The summed E-state index contributed by atoms with van der Waals surface area (Å²) in [5, 5.41) is 1.55. The molecule has 2 nitrogen and oxygen atoms in total. The van der Waals surface area contributed by atoms with E-state index in [0.717, 1.165) is 32.3 Å². The third-order valence-electron chi connectivity index (χ3n) is 3.82. The Labute approximate surface area is 134 Å². The standard InChI is InChI=1S/C19H20O2S/c1-2-3-4-7-13-21-16-11-8-10-15-18(20)14-9-5-6-12-17(14)22-19(15)16/h5-6,8-12H,2-4,7,13H2,1H3. The van der Waals surface area contributed by atoms with E-state index in [1.165, 1.54) is 19.3 Å². The van der Waals surface area contributed by atoms with Gasteiger partial charge in [-0.15, -0.1) is 11.3 Å². The van der Waals surface area contributed by atoms with Gasteiger partial charge in [-0.1, -0.05) is 44.4 Å². The van der Waals surface area contributed by atoms with Gasteiger partial charge in [-0.25, -0.2) is 0 Å². The zero-order chi connectivity index (χ0) is 15.4. The summed E-state index contributed by atoms with van der Waals surface area (Å²) in [6, 6.07) is 13.5. The van der Waals surface area contributed by atoms with E-state index in [9.17, 15) is 4.79 Å². The van der Waals surface area contributed by atoms with Crippen LogP contribution in [0, 0.1) is 0 Å². The fraction of sp³-hybridized carbons (Fsp3) is 0.316. The molecule has 1 heterocycles. The lowest BCUT2D eigenvalue weighted by molar-refractivity contribution is 0.309. The number of fused-ring (bicyclic) bond motifs is 2. The van der Waals surface area contributed by atoms with E-state index in [-0.39, 0.29) is 5.43 Å². The third kappa shape index (κ3) is 3.00. The first-order chi connectivity index (χ1) is 10.8. The average molecular weight is 312 g/mol. The number of rotatable bonds is 6. The van der Waals surface area contributed by atoms with Gasteiger partial charge in [-0.05, 0) is 30.7 Å². The molecular formula is C19H20O2S. The van der Waals surface area contributed by atoms with Gasteiger partial charge in [0.2, 0.25) is 0 Å². The van der Waals surface area contributed by atoms with Gasteiger partial charge >= 0.3 is 0 Å². The largest absolute Gasteiger partial charge is 0.492 e. The Bertz CT molecular complexity index is 836. The maximum atomic E-state index is 12.6. The Hall–Kier alpha value is -1.87. The summed E-state index contributed by atoms with van der Waals surface area (Å²) < 4.78 is 7.92. The van der Waals surface area contributed by atoms with Crippen molar-refractivity contribution < 1.29 is 4.74 Å². The zero-order valence-electron chi connectivity index (χ0n) is 12.8. The molecule has 3 rings (SSSR count). The van der Waals surface area contributed by atoms with Crippen LogP contribution in [0.4, 0.5) is 0 Å². The fourth-order valence-electron chi connectivity index (χ4n) is 2.62. The second-order valence-electron chi connectivity index (χ2n) is 5.47. The van der Waals surface area contributed by atoms with Crippen LogP contribution in [0.25, 0.3) is 20.2 Å². The molecule has 22 heavy (non-hydrogen) atoms. The lowest BCUT2D eigenvalue weighted by Gasteiger charge is -2.09. The maximum Gasteiger partial charge on any atom is 0.196 e. The smallest absolute Gasteiger partial charge is 0.196 e. The van der Waals surface area contributed by atoms with Crippen molar-refractivity contribution in [2.45, 2.75) is 32.6 Å². The van der Waals surface area contributed by atoms with Crippen LogP contribution in [0.15, 0.2) is 47.3 Å². The van der Waals surface area contributed by atoms with Crippen LogP contribution in [0.1, 0.15) is 32.6 Å². The highest BCUT2D eigenvalue weighted by molar-refractivity contribution is 7.24. The maximum absolute atomic E-state index is 12.6. The minimum absolute atomic E-state index is 0.0979. The van der Waals surface area contributed by atoms with Crippen molar-refractivity contribution in [1.29, 1.82) is 0 Å². The normalized spacial score (nSPS) is 11.1. The molecule has 114 valence electrons. The van der Waals surface area contributed by atoms with Crippen LogP contribution in [-0.4, -0.2) is 6.61 Å². The zero-order valence-corrected chi connectivity index (χ0v) is 13.6. The van der Waals surface area contributed by atoms with Crippen molar-refractivity contribution in [3.05, 3.63) is 52.7 Å². The molecule has 1 aromatic heterocycles. The molecule has 0 atom stereocenters. The Morgan fingerprint density at radius 1 is 0.955 bits per heavy atom. The van der Waals surface area contributed by atoms with Crippen molar-refractivity contribution in [2.24, 2.45) is 0 Å². The number of hydrogen-bond acceptors (Lipinski definition) is 3. The molecule has 0 fully saturated rings. The van der Waals surface area contributed by atoms with Gasteiger partial charge < -0.3 is 4.74 Å². The van der Waals surface area contributed by atoms with Gasteiger partial charge in [0.05, 0.1) is 11.3 Å². The van der Waals surface area contributed by atoms with E-state index < -0.39 is 0 Å². The summed E-state index contributed by atoms with van der Waals surface area (Å²) in [6.45, 7) is 2.92. The summed E-state index contributed by atoms with van der Waals surface area (Å²) in [5.74, 6) is 0.835. The van der Waals surface area contributed by atoms with Crippen LogP contribution in [0.5, 0.6) is 5.75 Å². The van der Waals surface area contributed by atoms with Gasteiger partial charge in [-0.2, -0.15) is 0 Å². The van der Waals surface area contributed by atoms with Gasteiger partial charge in [-0.3, -0.25) is 4.79 Å². The van der Waals surface area contributed by atoms with Gasteiger partial charge in [0.15, 0.2) is 5.43 Å². The molecule has 0 spiro atoms. The minimum atomic E-state index is 0.0979. The van der Waals surface area contributed by atoms with Crippen molar-refractivity contribution in [3.8, 4) is 5.75 Å². The molecule has 0 saturated heterocycles. The number of hydrogen-bond donors (Lipinski definition) is 0. The molecule has 3 aromatic rings. The highest BCUT2D eigenvalue weighted by Gasteiger charge is 2.09. The first-order valence-electron chi connectivity index (χ1n) is 7.88. The molecule has 0 radical (unpaired) electrons. The Morgan fingerprint density at radius 2 is 1.77 bits per heavy atom. The van der Waals surface area contributed by atoms with Crippen molar-refractivity contribution in [2.75, 3.05) is 6.61 Å². The number of unbranched alkanes of at least 4 members (excludes halogenated alkanes) is 3. The quantitative estimate of drug-likeness (QED) is 0.451. The van der Waals surface area contributed by atoms with E-state index in [0.29, 0.717) is 6.61 Å². The van der Waals surface area contributed by atoms with E-state index in [2.05, 4.69) is 6.92 Å². The molecular weight excluding hydrogens is 292 g/mol. The predicted octanol–water partition coefficient (Wildman–Crippen LogP) is 5.37. The third-order valence-corrected chi connectivity index (χ3v) is 5.02. The summed E-state index contributed by atoms with van der Waals surface area (Å²) >= 11 is 1.64. The van der Waals surface area contributed by atoms with Crippen LogP contribution in [0.3, 0.4) is 0 Å². The van der Waals surface area contributed by atoms with Crippen LogP contribution in [-0.2, 0) is 0 Å². The Kier molecular flexibility index (Phi) is 4.74. The van der Waals surface area contributed by atoms with E-state index >= 15 is 0 Å². The summed E-state index contributed by atoms with van der Waals surface area (Å²) in [5.41, 5.74) is 0.0979. The molecule has 0 bridgehead atoms. The highest BCUT2D eigenvalue weighted by Crippen LogP contribution is 2.31. The van der Waals surface area contributed by atoms with Crippen molar-refractivity contribution >= 4 is 31.5 Å². The number of benzene rings is 2. The van der Waals surface area contributed by atoms with Crippen LogP contribution < -0.4 is 10.2 Å². The van der Waals surface area contributed by atoms with Crippen LogP contribution in [0.2, 0.25) is 0 Å². The van der Waals surface area contributed by atoms with Gasteiger partial charge in [0.1, 0.15) is 5.75 Å². The first kappa shape index (κ1) is 15.0. The summed E-state index contributed by atoms with van der Waals surface area (Å²) in [4.78, 5) is 12.6. The molecule has 2 aromatic carbocycles. The Balaban J connectivity index is 1.96. The molecule has 0 N–H and O–H groups in total. The van der Waals surface area contributed by atoms with Crippen LogP contribution >= 0.6 is 11.3 Å². The van der Waals surface area contributed by atoms with Crippen molar-refractivity contribution in [3.63, 3.8) is 0 Å². The average Bonchev–Trinajstić information content (AvgIpc) is 2.55. The minimum Gasteiger partial charge on any atom is -0.492 e. The molecule has 0 unspecified atom stereocenters. The molecule has 3 heteroatoms. The molecule has 0 aliphatic carbocycles. The second-order valence-corrected chi connectivity index (χ2v) is 6.52. The van der Waals surface area contributed by atoms with Crippen molar-refractivity contribution in [1.82, 2.24) is 0 Å². The summed E-state index contributed by atoms with van der Waals surface area (Å²) in [6.07, 6.45) is 4.73. The molecule has 0 saturated carbocycles. The van der Waals surface area contributed by atoms with Gasteiger partial charge in [0.25, 0.3) is 0 Å². The van der Waals surface area contributed by atoms with Gasteiger partial charge in [0, 0.05) is 15.5 Å². The topological polar surface area (TPSA) is 26.3 Å². The highest BCUT2D eigenvalue weighted by atomic mass is 32.1. The predicted molar refractivity (Wildman–Crippen MR) is 95.2 cm³/mol. The number of ether oxygens (including phenoxy) is 1. The fourth-order valence-corrected chi connectivity index (χ4v) is 3.76. The monoisotopic (exact) mass is 312 g/mol. The molecule has 0 aliphatic heterocycles. The summed E-state index contributed by atoms with van der Waals surface area (Å²) in [7, 11) is 0. The Morgan fingerprint density at radius 3 is 2.64 bits per heavy atom. The van der Waals surface area contributed by atoms with E-state index in [4.69, 9.17) is 4.74 Å².